The maximum Gasteiger partial charge on any atom is 0.246 e. The first-order valence-electron chi connectivity index (χ1n) is 6.31. The van der Waals surface area contributed by atoms with Crippen LogP contribution in [0.4, 0.5) is 5.82 Å². The standard InChI is InChI=1S/C12H20N4O2S/c1-15(2)19(17,18)11-4-3-7-14-12(11)16-8-5-10(13)6-9-16/h3-4,7,10H,5-6,8-9,13H2,1-2H3. The van der Waals surface area contributed by atoms with Crippen molar-refractivity contribution in [2.45, 2.75) is 23.8 Å². The number of aromatic nitrogens is 1. The number of nitrogens with two attached hydrogens (primary N) is 1. The zero-order chi connectivity index (χ0) is 14.0. The van der Waals surface area contributed by atoms with E-state index in [4.69, 9.17) is 5.73 Å². The highest BCUT2D eigenvalue weighted by Gasteiger charge is 2.26. The second kappa shape index (κ2) is 5.44. The maximum atomic E-state index is 12.3. The number of rotatable bonds is 3. The molecule has 1 aliphatic rings. The van der Waals surface area contributed by atoms with Crippen molar-refractivity contribution in [1.82, 2.24) is 9.29 Å². The number of hydrogen-bond acceptors (Lipinski definition) is 5. The van der Waals surface area contributed by atoms with Gasteiger partial charge in [-0.3, -0.25) is 0 Å². The summed E-state index contributed by atoms with van der Waals surface area (Å²) in [6, 6.07) is 3.45. The fourth-order valence-corrected chi connectivity index (χ4v) is 3.19. The highest BCUT2D eigenvalue weighted by molar-refractivity contribution is 7.89. The lowest BCUT2D eigenvalue weighted by molar-refractivity contribution is 0.493. The monoisotopic (exact) mass is 284 g/mol. The van der Waals surface area contributed by atoms with Gasteiger partial charge in [-0.15, -0.1) is 0 Å². The van der Waals surface area contributed by atoms with Gasteiger partial charge in [0, 0.05) is 39.4 Å². The molecule has 2 rings (SSSR count). The fourth-order valence-electron chi connectivity index (χ4n) is 2.13. The molecule has 1 aliphatic heterocycles. The van der Waals surface area contributed by atoms with E-state index < -0.39 is 10.0 Å². The summed E-state index contributed by atoms with van der Waals surface area (Å²) in [7, 11) is -0.420. The van der Waals surface area contributed by atoms with E-state index in [1.165, 1.54) is 18.4 Å². The summed E-state index contributed by atoms with van der Waals surface area (Å²) >= 11 is 0. The molecular weight excluding hydrogens is 264 g/mol. The first kappa shape index (κ1) is 14.2. The molecule has 2 N–H and O–H groups in total. The van der Waals surface area contributed by atoms with E-state index in [2.05, 4.69) is 4.98 Å². The minimum absolute atomic E-state index is 0.203. The Morgan fingerprint density at radius 3 is 2.58 bits per heavy atom. The average Bonchev–Trinajstić information content (AvgIpc) is 2.39. The van der Waals surface area contributed by atoms with E-state index in [9.17, 15) is 8.42 Å². The molecule has 106 valence electrons. The van der Waals surface area contributed by atoms with E-state index in [1.807, 2.05) is 4.90 Å². The highest BCUT2D eigenvalue weighted by atomic mass is 32.2. The molecule has 1 aromatic rings. The molecule has 0 aromatic carbocycles. The van der Waals surface area contributed by atoms with Gasteiger partial charge in [0.2, 0.25) is 10.0 Å². The van der Waals surface area contributed by atoms with Gasteiger partial charge in [0.1, 0.15) is 10.7 Å². The summed E-state index contributed by atoms with van der Waals surface area (Å²) in [6.07, 6.45) is 3.34. The summed E-state index contributed by atoms with van der Waals surface area (Å²) in [5.41, 5.74) is 5.87. The zero-order valence-electron chi connectivity index (χ0n) is 11.3. The molecule has 0 amide bonds. The predicted octanol–water partition coefficient (Wildman–Crippen LogP) is 0.259. The summed E-state index contributed by atoms with van der Waals surface area (Å²) in [4.78, 5) is 6.51. The molecule has 0 spiro atoms. The summed E-state index contributed by atoms with van der Waals surface area (Å²) in [5.74, 6) is 0.531. The van der Waals surface area contributed by atoms with Crippen LogP contribution >= 0.6 is 0 Å². The van der Waals surface area contributed by atoms with Crippen molar-refractivity contribution in [3.8, 4) is 0 Å². The van der Waals surface area contributed by atoms with Crippen LogP contribution in [0, 0.1) is 0 Å². The van der Waals surface area contributed by atoms with Crippen molar-refractivity contribution in [2.75, 3.05) is 32.1 Å². The quantitative estimate of drug-likeness (QED) is 0.861. The first-order valence-corrected chi connectivity index (χ1v) is 7.75. The molecule has 0 unspecified atom stereocenters. The molecule has 0 radical (unpaired) electrons. The molecule has 7 heteroatoms. The Morgan fingerprint density at radius 1 is 1.37 bits per heavy atom. The first-order chi connectivity index (χ1) is 8.93. The Labute approximate surface area is 114 Å². The third-order valence-corrected chi connectivity index (χ3v) is 5.18. The number of sulfonamides is 1. The van der Waals surface area contributed by atoms with Crippen LogP contribution in [0.1, 0.15) is 12.8 Å². The Hall–Kier alpha value is -1.18. The Kier molecular flexibility index (Phi) is 4.07. The molecule has 2 heterocycles. The van der Waals surface area contributed by atoms with Crippen LogP contribution in [0.15, 0.2) is 23.2 Å². The molecule has 0 bridgehead atoms. The number of piperidine rings is 1. The Bertz CT molecular complexity index is 536. The smallest absolute Gasteiger partial charge is 0.246 e. The summed E-state index contributed by atoms with van der Waals surface area (Å²) in [6.45, 7) is 1.49. The molecule has 0 aliphatic carbocycles. The number of anilines is 1. The molecule has 1 aromatic heterocycles. The van der Waals surface area contributed by atoms with Crippen LogP contribution in [-0.4, -0.2) is 50.9 Å². The van der Waals surface area contributed by atoms with Crippen molar-refractivity contribution in [1.29, 1.82) is 0 Å². The number of nitrogens with zero attached hydrogens (tertiary/aromatic N) is 3. The van der Waals surface area contributed by atoms with Crippen molar-refractivity contribution in [3.05, 3.63) is 18.3 Å². The van der Waals surface area contributed by atoms with Crippen molar-refractivity contribution < 1.29 is 8.42 Å². The second-order valence-electron chi connectivity index (χ2n) is 4.94. The minimum atomic E-state index is -3.47. The number of hydrogen-bond donors (Lipinski definition) is 1. The molecule has 1 fully saturated rings. The second-order valence-corrected chi connectivity index (χ2v) is 7.06. The van der Waals surface area contributed by atoms with Gasteiger partial charge < -0.3 is 10.6 Å². The van der Waals surface area contributed by atoms with E-state index in [0.717, 1.165) is 25.9 Å². The molecule has 0 atom stereocenters. The highest BCUT2D eigenvalue weighted by Crippen LogP contribution is 2.26. The molecule has 19 heavy (non-hydrogen) atoms. The van der Waals surface area contributed by atoms with Crippen LogP contribution in [0.2, 0.25) is 0 Å². The van der Waals surface area contributed by atoms with Crippen LogP contribution in [0.25, 0.3) is 0 Å². The van der Waals surface area contributed by atoms with Gasteiger partial charge in [0.15, 0.2) is 0 Å². The van der Waals surface area contributed by atoms with E-state index in [-0.39, 0.29) is 10.9 Å². The van der Waals surface area contributed by atoms with Crippen molar-refractivity contribution >= 4 is 15.8 Å². The van der Waals surface area contributed by atoms with Crippen molar-refractivity contribution in [2.24, 2.45) is 5.73 Å². The number of pyridine rings is 1. The predicted molar refractivity (Wildman–Crippen MR) is 74.5 cm³/mol. The average molecular weight is 284 g/mol. The van der Waals surface area contributed by atoms with E-state index in [1.54, 1.807) is 18.3 Å². The topological polar surface area (TPSA) is 79.5 Å². The maximum absolute atomic E-state index is 12.3. The molecule has 6 nitrogen and oxygen atoms in total. The molecule has 0 saturated carbocycles. The molecular formula is C12H20N4O2S. The van der Waals surface area contributed by atoms with Crippen molar-refractivity contribution in [3.63, 3.8) is 0 Å². The van der Waals surface area contributed by atoms with Gasteiger partial charge in [0.05, 0.1) is 0 Å². The third-order valence-electron chi connectivity index (χ3n) is 3.35. The van der Waals surface area contributed by atoms with Crippen LogP contribution in [0.5, 0.6) is 0 Å². The van der Waals surface area contributed by atoms with Crippen LogP contribution in [0.3, 0.4) is 0 Å². The van der Waals surface area contributed by atoms with Gasteiger partial charge >= 0.3 is 0 Å². The van der Waals surface area contributed by atoms with Crippen LogP contribution in [-0.2, 0) is 10.0 Å². The normalized spacial score (nSPS) is 18.0. The zero-order valence-corrected chi connectivity index (χ0v) is 12.1. The lowest BCUT2D eigenvalue weighted by Crippen LogP contribution is -2.41. The summed E-state index contributed by atoms with van der Waals surface area (Å²) < 4.78 is 25.8. The Balaban J connectivity index is 2.37. The van der Waals surface area contributed by atoms with E-state index >= 15 is 0 Å². The molecule has 1 saturated heterocycles. The van der Waals surface area contributed by atoms with Gasteiger partial charge in [-0.1, -0.05) is 0 Å². The lowest BCUT2D eigenvalue weighted by atomic mass is 10.1. The van der Waals surface area contributed by atoms with Gasteiger partial charge in [-0.2, -0.15) is 0 Å². The van der Waals surface area contributed by atoms with E-state index in [0.29, 0.717) is 5.82 Å². The largest absolute Gasteiger partial charge is 0.355 e. The third kappa shape index (κ3) is 2.88. The van der Waals surface area contributed by atoms with Crippen LogP contribution < -0.4 is 10.6 Å². The minimum Gasteiger partial charge on any atom is -0.355 e. The fraction of sp³-hybridized carbons (Fsp3) is 0.583. The Morgan fingerprint density at radius 2 is 2.00 bits per heavy atom. The summed E-state index contributed by atoms with van der Waals surface area (Å²) in [5, 5.41) is 0. The van der Waals surface area contributed by atoms with Gasteiger partial charge in [0.25, 0.3) is 0 Å². The van der Waals surface area contributed by atoms with Gasteiger partial charge in [-0.05, 0) is 25.0 Å². The lowest BCUT2D eigenvalue weighted by Gasteiger charge is -2.32. The SMILES string of the molecule is CN(C)S(=O)(=O)c1cccnc1N1CCC(N)CC1. The van der Waals surface area contributed by atoms with Gasteiger partial charge in [-0.25, -0.2) is 17.7 Å².